The SMILES string of the molecule is Cc1cc(C)c(NC(=O)CN(C)C(=O)C2CC3CCCCC3N2)c(C)c1.Cl. The molecule has 2 aliphatic rings. The third-order valence-electron chi connectivity index (χ3n) is 5.86. The second-order valence-electron chi connectivity index (χ2n) is 8.12. The molecule has 5 nitrogen and oxygen atoms in total. The van der Waals surface area contributed by atoms with E-state index in [1.165, 1.54) is 31.2 Å². The topological polar surface area (TPSA) is 61.4 Å². The van der Waals surface area contributed by atoms with E-state index >= 15 is 0 Å². The number of carbonyl (C=O) groups excluding carboxylic acids is 2. The van der Waals surface area contributed by atoms with E-state index in [4.69, 9.17) is 0 Å². The van der Waals surface area contributed by atoms with Gasteiger partial charge in [-0.05, 0) is 57.1 Å². The van der Waals surface area contributed by atoms with Crippen molar-refractivity contribution in [2.45, 2.75) is 65.0 Å². The third kappa shape index (κ3) is 5.02. The molecule has 1 saturated carbocycles. The summed E-state index contributed by atoms with van der Waals surface area (Å²) in [5, 5.41) is 6.48. The van der Waals surface area contributed by atoms with E-state index in [9.17, 15) is 9.59 Å². The van der Waals surface area contributed by atoms with Crippen LogP contribution >= 0.6 is 12.4 Å². The Morgan fingerprint density at radius 2 is 1.78 bits per heavy atom. The molecule has 3 rings (SSSR count). The quantitative estimate of drug-likeness (QED) is 0.824. The lowest BCUT2D eigenvalue weighted by Gasteiger charge is -2.24. The summed E-state index contributed by atoms with van der Waals surface area (Å²) in [6.45, 7) is 6.12. The number of amides is 2. The van der Waals surface area contributed by atoms with E-state index in [1.54, 1.807) is 11.9 Å². The van der Waals surface area contributed by atoms with Crippen molar-refractivity contribution in [1.29, 1.82) is 0 Å². The molecular weight excluding hydrogens is 362 g/mol. The molecule has 2 fully saturated rings. The van der Waals surface area contributed by atoms with Gasteiger partial charge in [0.05, 0.1) is 12.6 Å². The smallest absolute Gasteiger partial charge is 0.243 e. The summed E-state index contributed by atoms with van der Waals surface area (Å²) in [6, 6.07) is 4.46. The van der Waals surface area contributed by atoms with Gasteiger partial charge in [-0.1, -0.05) is 30.5 Å². The first-order valence-electron chi connectivity index (χ1n) is 9.74. The number of anilines is 1. The van der Waals surface area contributed by atoms with Crippen LogP contribution in [0.5, 0.6) is 0 Å². The van der Waals surface area contributed by atoms with E-state index in [1.807, 2.05) is 20.8 Å². The van der Waals surface area contributed by atoms with Crippen LogP contribution in [0.15, 0.2) is 12.1 Å². The molecule has 0 aromatic heterocycles. The van der Waals surface area contributed by atoms with E-state index in [0.717, 1.165) is 23.2 Å². The first kappa shape index (κ1) is 21.7. The van der Waals surface area contributed by atoms with Gasteiger partial charge in [-0.15, -0.1) is 12.4 Å². The number of aryl methyl sites for hydroxylation is 3. The van der Waals surface area contributed by atoms with Gasteiger partial charge < -0.3 is 15.5 Å². The minimum Gasteiger partial charge on any atom is -0.335 e. The Hall–Kier alpha value is -1.59. The van der Waals surface area contributed by atoms with E-state index in [-0.39, 0.29) is 36.8 Å². The van der Waals surface area contributed by atoms with Crippen LogP contribution in [0, 0.1) is 26.7 Å². The molecule has 6 heteroatoms. The zero-order valence-electron chi connectivity index (χ0n) is 16.8. The standard InChI is InChI=1S/C21H31N3O2.ClH/c1-13-9-14(2)20(15(3)10-13)23-19(25)12-24(4)21(26)18-11-16-7-5-6-8-17(16)22-18;/h9-10,16-18,22H,5-8,11-12H2,1-4H3,(H,23,25);1H. The first-order valence-corrected chi connectivity index (χ1v) is 9.74. The molecule has 0 spiro atoms. The van der Waals surface area contributed by atoms with Crippen LogP contribution in [0.1, 0.15) is 48.8 Å². The molecule has 2 N–H and O–H groups in total. The highest BCUT2D eigenvalue weighted by molar-refractivity contribution is 5.96. The second-order valence-corrected chi connectivity index (χ2v) is 8.12. The Kier molecular flexibility index (Phi) is 7.29. The van der Waals surface area contributed by atoms with Crippen LogP contribution in [0.3, 0.4) is 0 Å². The van der Waals surface area contributed by atoms with Crippen molar-refractivity contribution in [2.24, 2.45) is 5.92 Å². The average molecular weight is 394 g/mol. The van der Waals surface area contributed by atoms with E-state index < -0.39 is 0 Å². The predicted octanol–water partition coefficient (Wildman–Crippen LogP) is 3.35. The van der Waals surface area contributed by atoms with Crippen molar-refractivity contribution in [1.82, 2.24) is 10.2 Å². The zero-order valence-corrected chi connectivity index (χ0v) is 17.6. The normalized spacial score (nSPS) is 23.9. The van der Waals surface area contributed by atoms with Crippen molar-refractivity contribution in [3.8, 4) is 0 Å². The minimum atomic E-state index is -0.147. The monoisotopic (exact) mass is 393 g/mol. The highest BCUT2D eigenvalue weighted by Crippen LogP contribution is 2.33. The Bertz CT molecular complexity index is 670. The number of hydrogen-bond acceptors (Lipinski definition) is 3. The van der Waals surface area contributed by atoms with Gasteiger partial charge in [0.15, 0.2) is 0 Å². The number of nitrogens with zero attached hydrogens (tertiary/aromatic N) is 1. The van der Waals surface area contributed by atoms with Crippen molar-refractivity contribution >= 4 is 29.9 Å². The van der Waals surface area contributed by atoms with Gasteiger partial charge in [-0.25, -0.2) is 0 Å². The minimum absolute atomic E-state index is 0. The predicted molar refractivity (Wildman–Crippen MR) is 111 cm³/mol. The van der Waals surface area contributed by atoms with Crippen molar-refractivity contribution < 1.29 is 9.59 Å². The molecule has 1 aliphatic carbocycles. The highest BCUT2D eigenvalue weighted by atomic mass is 35.5. The van der Waals surface area contributed by atoms with Gasteiger partial charge in [0.1, 0.15) is 0 Å². The largest absolute Gasteiger partial charge is 0.335 e. The highest BCUT2D eigenvalue weighted by Gasteiger charge is 2.39. The fraction of sp³-hybridized carbons (Fsp3) is 0.619. The van der Waals surface area contributed by atoms with Gasteiger partial charge in [-0.2, -0.15) is 0 Å². The number of fused-ring (bicyclic) bond motifs is 1. The van der Waals surface area contributed by atoms with Crippen LogP contribution in [0.2, 0.25) is 0 Å². The summed E-state index contributed by atoms with van der Waals surface area (Å²) in [6.07, 6.45) is 5.83. The molecular formula is C21H32ClN3O2. The lowest BCUT2D eigenvalue weighted by molar-refractivity contribution is -0.134. The second kappa shape index (κ2) is 9.07. The third-order valence-corrected chi connectivity index (χ3v) is 5.86. The maximum Gasteiger partial charge on any atom is 0.243 e. The maximum absolute atomic E-state index is 12.7. The Balaban J connectivity index is 0.00000261. The van der Waals surface area contributed by atoms with E-state index in [0.29, 0.717) is 12.0 Å². The molecule has 1 aromatic rings. The van der Waals surface area contributed by atoms with Crippen LogP contribution < -0.4 is 10.6 Å². The summed E-state index contributed by atoms with van der Waals surface area (Å²) >= 11 is 0. The van der Waals surface area contributed by atoms with Crippen molar-refractivity contribution in [2.75, 3.05) is 18.9 Å². The number of nitrogens with one attached hydrogen (secondary N) is 2. The summed E-state index contributed by atoms with van der Waals surface area (Å²) < 4.78 is 0. The van der Waals surface area contributed by atoms with Crippen LogP contribution in [-0.4, -0.2) is 42.4 Å². The Labute approximate surface area is 168 Å². The lowest BCUT2D eigenvalue weighted by Crippen LogP contribution is -2.46. The van der Waals surface area contributed by atoms with Crippen molar-refractivity contribution in [3.63, 3.8) is 0 Å². The zero-order chi connectivity index (χ0) is 18.8. The fourth-order valence-electron chi connectivity index (χ4n) is 4.63. The fourth-order valence-corrected chi connectivity index (χ4v) is 4.63. The molecule has 3 atom stereocenters. The lowest BCUT2D eigenvalue weighted by atomic mass is 9.85. The molecule has 1 aliphatic heterocycles. The molecule has 3 unspecified atom stereocenters. The molecule has 0 bridgehead atoms. The summed E-state index contributed by atoms with van der Waals surface area (Å²) in [5.74, 6) is 0.510. The van der Waals surface area contributed by atoms with Crippen molar-refractivity contribution in [3.05, 3.63) is 28.8 Å². The summed E-state index contributed by atoms with van der Waals surface area (Å²) in [5.41, 5.74) is 4.13. The van der Waals surface area contributed by atoms with E-state index in [2.05, 4.69) is 22.8 Å². The molecule has 150 valence electrons. The number of benzene rings is 1. The number of likely N-dealkylation sites (N-methyl/N-ethyl adjacent to an activating group) is 1. The number of rotatable bonds is 4. The average Bonchev–Trinajstić information content (AvgIpc) is 3.01. The summed E-state index contributed by atoms with van der Waals surface area (Å²) in [7, 11) is 1.72. The molecule has 1 saturated heterocycles. The molecule has 1 aromatic carbocycles. The number of halogens is 1. The van der Waals surface area contributed by atoms with Gasteiger partial charge in [-0.3, -0.25) is 9.59 Å². The maximum atomic E-state index is 12.7. The molecule has 1 heterocycles. The molecule has 0 radical (unpaired) electrons. The van der Waals surface area contributed by atoms with Gasteiger partial charge >= 0.3 is 0 Å². The van der Waals surface area contributed by atoms with Crippen LogP contribution in [-0.2, 0) is 9.59 Å². The van der Waals surface area contributed by atoms with Crippen LogP contribution in [0.25, 0.3) is 0 Å². The van der Waals surface area contributed by atoms with Gasteiger partial charge in [0.25, 0.3) is 0 Å². The van der Waals surface area contributed by atoms with Gasteiger partial charge in [0, 0.05) is 18.8 Å². The van der Waals surface area contributed by atoms with Gasteiger partial charge in [0.2, 0.25) is 11.8 Å². The first-order chi connectivity index (χ1) is 12.3. The number of carbonyl (C=O) groups is 2. The van der Waals surface area contributed by atoms with Crippen LogP contribution in [0.4, 0.5) is 5.69 Å². The molecule has 27 heavy (non-hydrogen) atoms. The number of hydrogen-bond donors (Lipinski definition) is 2. The summed E-state index contributed by atoms with van der Waals surface area (Å²) in [4.78, 5) is 26.8. The molecule has 2 amide bonds. The Morgan fingerprint density at radius 1 is 1.15 bits per heavy atom. The Morgan fingerprint density at radius 3 is 2.41 bits per heavy atom.